The largest absolute Gasteiger partial charge is 0.380 e. The molecule has 1 atom stereocenters. The quantitative estimate of drug-likeness (QED) is 0.685. The normalized spacial score (nSPS) is 13.0. The molecule has 1 aromatic rings. The summed E-state index contributed by atoms with van der Waals surface area (Å²) in [5, 5.41) is 10.1. The Morgan fingerprint density at radius 3 is 2.55 bits per heavy atom. The molecule has 8 nitrogen and oxygen atoms in total. The lowest BCUT2D eigenvalue weighted by Crippen LogP contribution is -2.44. The molecular formula is C13H22N4O4S. The average Bonchev–Trinajstić information content (AvgIpc) is 2.42. The molecule has 4 N–H and O–H groups in total. The number of ether oxygens (including phenoxy) is 1. The number of carbonyl (C=O) groups excluding carboxylic acids is 1. The van der Waals surface area contributed by atoms with Crippen molar-refractivity contribution >= 4 is 21.7 Å². The molecule has 0 aliphatic carbocycles. The molecule has 0 saturated heterocycles. The minimum Gasteiger partial charge on any atom is -0.380 e. The molecule has 0 saturated carbocycles. The summed E-state index contributed by atoms with van der Waals surface area (Å²) >= 11 is 0. The number of urea groups is 1. The average molecular weight is 330 g/mol. The number of primary sulfonamides is 1. The fourth-order valence-electron chi connectivity index (χ4n) is 1.60. The van der Waals surface area contributed by atoms with E-state index >= 15 is 0 Å². The van der Waals surface area contributed by atoms with Crippen molar-refractivity contribution in [3.8, 4) is 0 Å². The molecule has 0 spiro atoms. The van der Waals surface area contributed by atoms with Crippen LogP contribution in [-0.2, 0) is 14.8 Å². The van der Waals surface area contributed by atoms with Gasteiger partial charge in [-0.15, -0.1) is 0 Å². The van der Waals surface area contributed by atoms with Gasteiger partial charge in [-0.05, 0) is 25.0 Å². The molecule has 1 aromatic heterocycles. The zero-order valence-corrected chi connectivity index (χ0v) is 13.7. The monoisotopic (exact) mass is 330 g/mol. The molecule has 0 aliphatic rings. The lowest BCUT2D eigenvalue weighted by molar-refractivity contribution is 0.111. The fourth-order valence-corrected chi connectivity index (χ4v) is 2.06. The minimum atomic E-state index is -3.84. The van der Waals surface area contributed by atoms with Crippen LogP contribution in [0.5, 0.6) is 0 Å². The molecule has 0 fully saturated rings. The Hall–Kier alpha value is -1.71. The third kappa shape index (κ3) is 5.96. The molecule has 9 heteroatoms. The van der Waals surface area contributed by atoms with Crippen LogP contribution in [-0.4, -0.2) is 38.7 Å². The Kier molecular flexibility index (Phi) is 6.72. The number of hydrogen-bond donors (Lipinski definition) is 3. The van der Waals surface area contributed by atoms with Crippen molar-refractivity contribution in [2.24, 2.45) is 11.1 Å². The van der Waals surface area contributed by atoms with Gasteiger partial charge in [0.15, 0.2) is 5.03 Å². The number of carbonyl (C=O) groups is 1. The van der Waals surface area contributed by atoms with Crippen LogP contribution in [0.15, 0.2) is 23.4 Å². The van der Waals surface area contributed by atoms with Gasteiger partial charge < -0.3 is 15.4 Å². The van der Waals surface area contributed by atoms with E-state index in [1.807, 2.05) is 20.8 Å². The van der Waals surface area contributed by atoms with Crippen molar-refractivity contribution in [3.63, 3.8) is 0 Å². The number of amides is 2. The summed E-state index contributed by atoms with van der Waals surface area (Å²) in [7, 11) is -3.84. The van der Waals surface area contributed by atoms with E-state index in [1.165, 1.54) is 18.3 Å². The first-order valence-electron chi connectivity index (χ1n) is 6.88. The Balaban J connectivity index is 2.64. The first kappa shape index (κ1) is 18.3. The van der Waals surface area contributed by atoms with Gasteiger partial charge in [-0.1, -0.05) is 13.8 Å². The highest BCUT2D eigenvalue weighted by Gasteiger charge is 2.16. The maximum Gasteiger partial charge on any atom is 0.319 e. The zero-order chi connectivity index (χ0) is 16.8. The number of anilines is 1. The standard InChI is InChI=1S/C13H22N4O4S/c1-4-21-8-11(9(2)3)17-13(18)16-10-5-6-12(15-7-10)22(14,19)20/h5-7,9,11H,4,8H2,1-3H3,(H2,14,19,20)(H2,16,17,18). The van der Waals surface area contributed by atoms with E-state index < -0.39 is 16.1 Å². The highest BCUT2D eigenvalue weighted by atomic mass is 32.2. The van der Waals surface area contributed by atoms with Crippen LogP contribution in [0, 0.1) is 5.92 Å². The Morgan fingerprint density at radius 1 is 1.41 bits per heavy atom. The van der Waals surface area contributed by atoms with E-state index in [4.69, 9.17) is 9.88 Å². The van der Waals surface area contributed by atoms with E-state index in [9.17, 15) is 13.2 Å². The summed E-state index contributed by atoms with van der Waals surface area (Å²) in [6, 6.07) is 2.10. The van der Waals surface area contributed by atoms with Gasteiger partial charge in [0, 0.05) is 6.61 Å². The first-order valence-corrected chi connectivity index (χ1v) is 8.42. The molecule has 1 unspecified atom stereocenters. The molecule has 0 aliphatic heterocycles. The van der Waals surface area contributed by atoms with Crippen molar-refractivity contribution in [2.75, 3.05) is 18.5 Å². The van der Waals surface area contributed by atoms with Crippen molar-refractivity contribution in [1.29, 1.82) is 0 Å². The SMILES string of the molecule is CCOCC(NC(=O)Nc1ccc(S(N)(=O)=O)nc1)C(C)C. The van der Waals surface area contributed by atoms with Crippen LogP contribution in [0.1, 0.15) is 20.8 Å². The predicted octanol–water partition coefficient (Wildman–Crippen LogP) is 0.912. The van der Waals surface area contributed by atoms with Crippen LogP contribution in [0.3, 0.4) is 0 Å². The molecule has 0 bridgehead atoms. The van der Waals surface area contributed by atoms with Crippen LogP contribution >= 0.6 is 0 Å². The summed E-state index contributed by atoms with van der Waals surface area (Å²) < 4.78 is 27.5. The number of aromatic nitrogens is 1. The highest BCUT2D eigenvalue weighted by Crippen LogP contribution is 2.09. The lowest BCUT2D eigenvalue weighted by atomic mass is 10.1. The van der Waals surface area contributed by atoms with E-state index in [-0.39, 0.29) is 17.0 Å². The Labute approximate surface area is 130 Å². The molecule has 2 amide bonds. The molecule has 1 rings (SSSR count). The summed E-state index contributed by atoms with van der Waals surface area (Å²) in [5.41, 5.74) is 0.365. The number of pyridine rings is 1. The summed E-state index contributed by atoms with van der Waals surface area (Å²) in [5.74, 6) is 0.209. The second kappa shape index (κ2) is 8.06. The molecule has 0 aromatic carbocycles. The maximum absolute atomic E-state index is 11.9. The Morgan fingerprint density at radius 2 is 2.09 bits per heavy atom. The molecule has 1 heterocycles. The second-order valence-electron chi connectivity index (χ2n) is 5.04. The summed E-state index contributed by atoms with van der Waals surface area (Å²) in [6.07, 6.45) is 1.23. The summed E-state index contributed by atoms with van der Waals surface area (Å²) in [6.45, 7) is 6.84. The van der Waals surface area contributed by atoms with Gasteiger partial charge >= 0.3 is 6.03 Å². The Bertz CT molecular complexity index is 587. The van der Waals surface area contributed by atoms with Gasteiger partial charge in [0.2, 0.25) is 0 Å². The van der Waals surface area contributed by atoms with Crippen LogP contribution < -0.4 is 15.8 Å². The maximum atomic E-state index is 11.9. The van der Waals surface area contributed by atoms with Crippen LogP contribution in [0.4, 0.5) is 10.5 Å². The number of nitrogens with two attached hydrogens (primary N) is 1. The lowest BCUT2D eigenvalue weighted by Gasteiger charge is -2.22. The van der Waals surface area contributed by atoms with Crippen LogP contribution in [0.2, 0.25) is 0 Å². The van der Waals surface area contributed by atoms with E-state index in [2.05, 4.69) is 15.6 Å². The predicted molar refractivity (Wildman–Crippen MR) is 82.9 cm³/mol. The van der Waals surface area contributed by atoms with Gasteiger partial charge in [-0.3, -0.25) is 0 Å². The van der Waals surface area contributed by atoms with Crippen molar-refractivity contribution in [3.05, 3.63) is 18.3 Å². The zero-order valence-electron chi connectivity index (χ0n) is 12.9. The fraction of sp³-hybridized carbons (Fsp3) is 0.538. The molecular weight excluding hydrogens is 308 g/mol. The van der Waals surface area contributed by atoms with E-state index in [0.717, 1.165) is 0 Å². The van der Waals surface area contributed by atoms with Gasteiger partial charge in [0.25, 0.3) is 10.0 Å². The van der Waals surface area contributed by atoms with Crippen molar-refractivity contribution < 1.29 is 17.9 Å². The van der Waals surface area contributed by atoms with E-state index in [0.29, 0.717) is 18.9 Å². The third-order valence-electron chi connectivity index (χ3n) is 2.91. The second-order valence-corrected chi connectivity index (χ2v) is 6.55. The minimum absolute atomic E-state index is 0.128. The number of hydrogen-bond acceptors (Lipinski definition) is 5. The van der Waals surface area contributed by atoms with Gasteiger partial charge in [-0.2, -0.15) is 0 Å². The molecule has 124 valence electrons. The summed E-state index contributed by atoms with van der Waals surface area (Å²) in [4.78, 5) is 15.6. The number of sulfonamides is 1. The van der Waals surface area contributed by atoms with Crippen molar-refractivity contribution in [2.45, 2.75) is 31.8 Å². The highest BCUT2D eigenvalue weighted by molar-refractivity contribution is 7.89. The van der Waals surface area contributed by atoms with Crippen LogP contribution in [0.25, 0.3) is 0 Å². The van der Waals surface area contributed by atoms with Gasteiger partial charge in [0.1, 0.15) is 0 Å². The third-order valence-corrected chi connectivity index (χ3v) is 3.73. The number of nitrogens with one attached hydrogen (secondary N) is 2. The van der Waals surface area contributed by atoms with Crippen molar-refractivity contribution in [1.82, 2.24) is 10.3 Å². The van der Waals surface area contributed by atoms with E-state index in [1.54, 1.807) is 0 Å². The van der Waals surface area contributed by atoms with Gasteiger partial charge in [-0.25, -0.2) is 23.3 Å². The first-order chi connectivity index (χ1) is 10.2. The number of rotatable bonds is 7. The molecule has 22 heavy (non-hydrogen) atoms. The topological polar surface area (TPSA) is 123 Å². The smallest absolute Gasteiger partial charge is 0.319 e. The molecule has 0 radical (unpaired) electrons. The van der Waals surface area contributed by atoms with Gasteiger partial charge in [0.05, 0.1) is 24.5 Å². The number of nitrogens with zero attached hydrogens (tertiary/aromatic N) is 1.